The van der Waals surface area contributed by atoms with Crippen molar-refractivity contribution in [2.45, 2.75) is 10.8 Å². The molecule has 2 heteroatoms. The molecule has 1 fully saturated rings. The van der Waals surface area contributed by atoms with Gasteiger partial charge in [-0.25, -0.2) is 0 Å². The average Bonchev–Trinajstić information content (AvgIpc) is 1.87. The fourth-order valence-corrected chi connectivity index (χ4v) is 3.34. The molecule has 0 amide bonds. The number of hydrogen-bond donors (Lipinski definition) is 0. The van der Waals surface area contributed by atoms with Crippen LogP contribution in [0, 0.1) is 0 Å². The van der Waals surface area contributed by atoms with Crippen LogP contribution in [-0.4, -0.2) is 27.0 Å². The molecule has 1 heterocycles. The van der Waals surface area contributed by atoms with Crippen LogP contribution in [0.3, 0.4) is 0 Å². The van der Waals surface area contributed by atoms with Crippen molar-refractivity contribution in [2.75, 3.05) is 18.1 Å². The molecule has 7 heavy (non-hydrogen) atoms. The van der Waals surface area contributed by atoms with Gasteiger partial charge < -0.3 is 0 Å². The number of nitrogens with zero attached hydrogens (tertiary/aromatic N) is 1. The molecule has 0 radical (unpaired) electrons. The fraction of sp³-hybridized carbons (Fsp3) is 1.00. The van der Waals surface area contributed by atoms with Gasteiger partial charge in [0.05, 0.1) is 0 Å². The summed E-state index contributed by atoms with van der Waals surface area (Å²) in [6.07, 6.45) is 0. The van der Waals surface area contributed by atoms with Crippen LogP contribution in [-0.2, 0) is 0 Å². The van der Waals surface area contributed by atoms with Gasteiger partial charge >= 0.3 is 55.1 Å². The molecule has 0 N–H and O–H groups in total. The predicted octanol–water partition coefficient (Wildman–Crippen LogP) is -2.63. The van der Waals surface area contributed by atoms with Crippen LogP contribution in [0.25, 0.3) is 0 Å². The Kier molecular flexibility index (Phi) is 1.92. The van der Waals surface area contributed by atoms with Crippen LogP contribution in [0.1, 0.15) is 6.92 Å². The first kappa shape index (κ1) is 5.82. The molecule has 1 aliphatic rings. The third-order valence-corrected chi connectivity index (χ3v) is 4.56. The monoisotopic (exact) mass is 212 g/mol. The molecule has 0 saturated carbocycles. The second-order valence-electron chi connectivity index (χ2n) is 2.09. The van der Waals surface area contributed by atoms with Gasteiger partial charge in [0.25, 0.3) is 0 Å². The molecule has 0 aromatic rings. The maximum atomic E-state index is 2.43. The van der Waals surface area contributed by atoms with Crippen molar-refractivity contribution in [3.63, 3.8) is 0 Å². The summed E-state index contributed by atoms with van der Waals surface area (Å²) in [5.74, 6) is 0. The predicted molar refractivity (Wildman–Crippen MR) is 27.0 cm³/mol. The van der Waals surface area contributed by atoms with Gasteiger partial charge in [-0.2, -0.15) is 0 Å². The van der Waals surface area contributed by atoms with Gasteiger partial charge in [-0.1, -0.05) is 0 Å². The van der Waals surface area contributed by atoms with Gasteiger partial charge in [-0.05, 0) is 0 Å². The molecule has 1 aliphatic heterocycles. The van der Waals surface area contributed by atoms with Crippen molar-refractivity contribution in [2.24, 2.45) is 0 Å². The number of halogens is 1. The van der Waals surface area contributed by atoms with Crippen LogP contribution in [0.15, 0.2) is 0 Å². The topological polar surface area (TPSA) is 3.24 Å². The van der Waals surface area contributed by atoms with Crippen LogP contribution in [0.5, 0.6) is 0 Å². The normalized spacial score (nSPS) is 35.4. The van der Waals surface area contributed by atoms with E-state index in [2.05, 4.69) is 18.9 Å². The van der Waals surface area contributed by atoms with E-state index in [1.807, 2.05) is 0 Å². The molecule has 1 nitrogen and oxygen atoms in total. The van der Waals surface area contributed by atoms with Gasteiger partial charge in [0, 0.05) is 0 Å². The van der Waals surface area contributed by atoms with E-state index in [-0.39, 0.29) is 0 Å². The van der Waals surface area contributed by atoms with Gasteiger partial charge in [0.15, 0.2) is 0 Å². The number of alkyl halides is 2. The van der Waals surface area contributed by atoms with Gasteiger partial charge in [-0.15, -0.1) is 0 Å². The Balaban J connectivity index is 2.26. The number of rotatable bonds is 0. The van der Waals surface area contributed by atoms with E-state index in [0.717, 1.165) is 3.92 Å². The molecule has 0 bridgehead atoms. The summed E-state index contributed by atoms with van der Waals surface area (Å²) in [4.78, 5) is 2.43. The van der Waals surface area contributed by atoms with Crippen LogP contribution in [0.2, 0.25) is 0 Å². The number of hydrogen-bond acceptors (Lipinski definition) is 1. The first-order valence-corrected chi connectivity index (χ1v) is 5.32. The van der Waals surface area contributed by atoms with E-state index in [1.165, 1.54) is 11.1 Å². The maximum absolute atomic E-state index is 2.43. The van der Waals surface area contributed by atoms with Gasteiger partial charge in [-0.3, -0.25) is 0 Å². The molecular weight excluding hydrogens is 201 g/mol. The summed E-state index contributed by atoms with van der Waals surface area (Å²) in [7, 11) is 2.21. The van der Waals surface area contributed by atoms with E-state index in [9.17, 15) is 0 Å². The third-order valence-electron chi connectivity index (χ3n) is 1.10. The van der Waals surface area contributed by atoms with Crippen molar-refractivity contribution in [1.29, 1.82) is 0 Å². The van der Waals surface area contributed by atoms with Gasteiger partial charge in [0.1, 0.15) is 0 Å². The Hall–Kier alpha value is 0.690. The first-order valence-electron chi connectivity index (χ1n) is 2.55. The third kappa shape index (κ3) is 1.57. The van der Waals surface area contributed by atoms with Crippen molar-refractivity contribution < 1.29 is 21.2 Å². The fourth-order valence-electron chi connectivity index (χ4n) is 0.763. The minimum atomic E-state index is 0.565. The summed E-state index contributed by atoms with van der Waals surface area (Å²) < 4.78 is 2.48. The summed E-state index contributed by atoms with van der Waals surface area (Å²) in [6.45, 7) is 3.71. The standard InChI is InChI=1S/C5H11IN/c1-5-3-7(2)4-6-5/h5H,3-4H2,1-2H3/q-1/t5-/m0/s1. The summed E-state index contributed by atoms with van der Waals surface area (Å²) >= 11 is 0.565. The molecule has 0 spiro atoms. The van der Waals surface area contributed by atoms with Crippen molar-refractivity contribution in [3.8, 4) is 0 Å². The van der Waals surface area contributed by atoms with E-state index < -0.39 is 0 Å². The molecule has 1 saturated heterocycles. The molecular formula is C5H11IN-. The van der Waals surface area contributed by atoms with Gasteiger partial charge in [0.2, 0.25) is 0 Å². The molecule has 1 rings (SSSR count). The van der Waals surface area contributed by atoms with Crippen molar-refractivity contribution in [3.05, 3.63) is 0 Å². The molecule has 44 valence electrons. The average molecular weight is 212 g/mol. The zero-order chi connectivity index (χ0) is 5.28. The van der Waals surface area contributed by atoms with Crippen molar-refractivity contribution in [1.82, 2.24) is 4.90 Å². The van der Waals surface area contributed by atoms with E-state index >= 15 is 0 Å². The van der Waals surface area contributed by atoms with E-state index in [0.29, 0.717) is 21.2 Å². The minimum absolute atomic E-state index is 0.565. The quantitative estimate of drug-likeness (QED) is 0.241. The van der Waals surface area contributed by atoms with Crippen LogP contribution in [0.4, 0.5) is 0 Å². The Morgan fingerprint density at radius 3 is 2.57 bits per heavy atom. The van der Waals surface area contributed by atoms with Crippen LogP contribution < -0.4 is 21.2 Å². The van der Waals surface area contributed by atoms with E-state index in [1.54, 1.807) is 0 Å². The Labute approximate surface area is 55.3 Å². The van der Waals surface area contributed by atoms with Crippen LogP contribution >= 0.6 is 0 Å². The Morgan fingerprint density at radius 1 is 1.71 bits per heavy atom. The SMILES string of the molecule is C[C@H]1CN(C)C[I-]1. The summed E-state index contributed by atoms with van der Waals surface area (Å²) in [5.41, 5.74) is 0. The first-order chi connectivity index (χ1) is 3.29. The summed E-state index contributed by atoms with van der Waals surface area (Å²) in [6, 6.07) is 0. The second-order valence-corrected chi connectivity index (χ2v) is 5.78. The Bertz CT molecular complexity index is 57.1. The molecule has 0 unspecified atom stereocenters. The molecule has 0 aromatic heterocycles. The van der Waals surface area contributed by atoms with E-state index in [4.69, 9.17) is 0 Å². The van der Waals surface area contributed by atoms with Crippen molar-refractivity contribution >= 4 is 0 Å². The molecule has 0 aromatic carbocycles. The molecule has 1 atom stereocenters. The summed E-state index contributed by atoms with van der Waals surface area (Å²) in [5, 5.41) is 0. The molecule has 0 aliphatic carbocycles. The zero-order valence-electron chi connectivity index (χ0n) is 4.82. The second kappa shape index (κ2) is 2.31. The zero-order valence-corrected chi connectivity index (χ0v) is 6.97. The Morgan fingerprint density at radius 2 is 2.43 bits per heavy atom.